The minimum absolute atomic E-state index is 0.0187. The number of rotatable bonds is 2. The third kappa shape index (κ3) is 3.36. The van der Waals surface area contributed by atoms with Crippen LogP contribution >= 0.6 is 35.0 Å². The highest BCUT2D eigenvalue weighted by Gasteiger charge is 2.27. The third-order valence-corrected chi connectivity index (χ3v) is 6.08. The fourth-order valence-corrected chi connectivity index (χ4v) is 4.82. The highest BCUT2D eigenvalue weighted by molar-refractivity contribution is 8.15. The standard InChI is InChI=1S/C14H9Cl2N3O3S2/c15-7-1-3-8(4-2-7)18-13(20)9-5-12-11(6-10(9)16)23-14(17)19-24(12,21)22/h1-6H,(H2,17,19)(H,18,20). The number of nitrogens with zero attached hydrogens (tertiary/aromatic N) is 1. The van der Waals surface area contributed by atoms with Crippen molar-refractivity contribution < 1.29 is 13.2 Å². The van der Waals surface area contributed by atoms with Crippen LogP contribution in [0.2, 0.25) is 10.0 Å². The van der Waals surface area contributed by atoms with E-state index in [1.165, 1.54) is 12.1 Å². The summed E-state index contributed by atoms with van der Waals surface area (Å²) in [6, 6.07) is 9.04. The summed E-state index contributed by atoms with van der Waals surface area (Å²) in [7, 11) is -3.96. The van der Waals surface area contributed by atoms with Gasteiger partial charge in [-0.2, -0.15) is 8.42 Å². The summed E-state index contributed by atoms with van der Waals surface area (Å²) < 4.78 is 27.6. The zero-order chi connectivity index (χ0) is 17.5. The Morgan fingerprint density at radius 2 is 1.83 bits per heavy atom. The number of carbonyl (C=O) groups excluding carboxylic acids is 1. The molecule has 1 aliphatic heterocycles. The number of nitrogens with two attached hydrogens (primary N) is 1. The highest BCUT2D eigenvalue weighted by Crippen LogP contribution is 2.36. The van der Waals surface area contributed by atoms with Gasteiger partial charge in [-0.25, -0.2) is 0 Å². The van der Waals surface area contributed by atoms with Crippen molar-refractivity contribution in [2.24, 2.45) is 10.1 Å². The van der Waals surface area contributed by atoms with E-state index in [2.05, 4.69) is 9.71 Å². The molecule has 0 saturated carbocycles. The van der Waals surface area contributed by atoms with E-state index in [1.807, 2.05) is 0 Å². The summed E-state index contributed by atoms with van der Waals surface area (Å²) in [5.74, 6) is -0.548. The van der Waals surface area contributed by atoms with Gasteiger partial charge in [-0.1, -0.05) is 35.0 Å². The third-order valence-electron chi connectivity index (χ3n) is 3.08. The van der Waals surface area contributed by atoms with Gasteiger partial charge in [-0.15, -0.1) is 4.40 Å². The Morgan fingerprint density at radius 3 is 2.50 bits per heavy atom. The second-order valence-corrected chi connectivity index (χ2v) is 8.22. The Morgan fingerprint density at radius 1 is 1.17 bits per heavy atom. The Balaban J connectivity index is 1.98. The van der Waals surface area contributed by atoms with E-state index in [0.29, 0.717) is 15.6 Å². The van der Waals surface area contributed by atoms with Crippen molar-refractivity contribution in [3.8, 4) is 0 Å². The van der Waals surface area contributed by atoms with Crippen molar-refractivity contribution in [2.75, 3.05) is 5.32 Å². The molecule has 124 valence electrons. The molecule has 3 N–H and O–H groups in total. The largest absolute Gasteiger partial charge is 0.377 e. The monoisotopic (exact) mass is 401 g/mol. The number of amides is 1. The summed E-state index contributed by atoms with van der Waals surface area (Å²) in [5, 5.41) is 3.16. The van der Waals surface area contributed by atoms with Crippen molar-refractivity contribution in [1.29, 1.82) is 0 Å². The number of carbonyl (C=O) groups is 1. The fourth-order valence-electron chi connectivity index (χ4n) is 2.02. The Bertz CT molecular complexity index is 974. The average molecular weight is 402 g/mol. The lowest BCUT2D eigenvalue weighted by Gasteiger charge is -2.15. The molecule has 24 heavy (non-hydrogen) atoms. The van der Waals surface area contributed by atoms with Gasteiger partial charge in [-0.05, 0) is 36.4 Å². The molecule has 0 aromatic heterocycles. The summed E-state index contributed by atoms with van der Waals surface area (Å²) in [4.78, 5) is 12.6. The summed E-state index contributed by atoms with van der Waals surface area (Å²) >= 11 is 12.9. The molecule has 0 fully saturated rings. The molecule has 0 radical (unpaired) electrons. The smallest absolute Gasteiger partial charge is 0.285 e. The van der Waals surface area contributed by atoms with Crippen LogP contribution in [-0.4, -0.2) is 19.5 Å². The number of nitrogens with one attached hydrogen (secondary N) is 1. The lowest BCUT2D eigenvalue weighted by Crippen LogP contribution is -2.18. The number of anilines is 1. The molecule has 0 spiro atoms. The Labute approximate surface area is 152 Å². The number of hydrogen-bond acceptors (Lipinski definition) is 5. The number of amidine groups is 1. The molecule has 0 bridgehead atoms. The van der Waals surface area contributed by atoms with Gasteiger partial charge in [0, 0.05) is 15.6 Å². The maximum Gasteiger partial charge on any atom is 0.285 e. The Kier molecular flexibility index (Phi) is 4.48. The van der Waals surface area contributed by atoms with Gasteiger partial charge in [0.15, 0.2) is 5.17 Å². The van der Waals surface area contributed by atoms with E-state index in [9.17, 15) is 13.2 Å². The van der Waals surface area contributed by atoms with Crippen LogP contribution in [0.4, 0.5) is 5.69 Å². The molecule has 6 nitrogen and oxygen atoms in total. The van der Waals surface area contributed by atoms with Crippen LogP contribution in [0.25, 0.3) is 0 Å². The minimum atomic E-state index is -3.96. The van der Waals surface area contributed by atoms with Crippen molar-refractivity contribution in [2.45, 2.75) is 9.79 Å². The summed E-state index contributed by atoms with van der Waals surface area (Å²) in [6.45, 7) is 0. The predicted molar refractivity (Wildman–Crippen MR) is 95.5 cm³/mol. The van der Waals surface area contributed by atoms with Crippen molar-refractivity contribution in [1.82, 2.24) is 0 Å². The molecule has 10 heteroatoms. The van der Waals surface area contributed by atoms with E-state index < -0.39 is 15.9 Å². The van der Waals surface area contributed by atoms with Crippen LogP contribution in [-0.2, 0) is 10.0 Å². The van der Waals surface area contributed by atoms with Crippen LogP contribution in [0, 0.1) is 0 Å². The number of thioether (sulfide) groups is 1. The van der Waals surface area contributed by atoms with Gasteiger partial charge in [0.05, 0.1) is 10.6 Å². The first-order valence-electron chi connectivity index (χ1n) is 6.45. The van der Waals surface area contributed by atoms with Crippen LogP contribution in [0.1, 0.15) is 10.4 Å². The zero-order valence-electron chi connectivity index (χ0n) is 11.8. The molecule has 2 aromatic rings. The first kappa shape index (κ1) is 17.1. The van der Waals surface area contributed by atoms with Crippen LogP contribution in [0.15, 0.2) is 50.6 Å². The molecule has 1 heterocycles. The summed E-state index contributed by atoms with van der Waals surface area (Å²) in [5.41, 5.74) is 6.00. The Hall–Kier alpha value is -1.74. The van der Waals surface area contributed by atoms with E-state index in [0.717, 1.165) is 11.8 Å². The maximum atomic E-state index is 12.4. The minimum Gasteiger partial charge on any atom is -0.377 e. The quantitative estimate of drug-likeness (QED) is 0.802. The van der Waals surface area contributed by atoms with Crippen LogP contribution < -0.4 is 11.1 Å². The molecule has 0 aliphatic carbocycles. The molecule has 3 rings (SSSR count). The van der Waals surface area contributed by atoms with Crippen LogP contribution in [0.3, 0.4) is 0 Å². The van der Waals surface area contributed by atoms with Crippen LogP contribution in [0.5, 0.6) is 0 Å². The predicted octanol–water partition coefficient (Wildman–Crippen LogP) is 3.35. The molecule has 0 unspecified atom stereocenters. The molecule has 0 atom stereocenters. The van der Waals surface area contributed by atoms with Gasteiger partial charge in [0.25, 0.3) is 15.9 Å². The molecule has 1 aliphatic rings. The number of sulfonamides is 1. The number of benzene rings is 2. The lowest BCUT2D eigenvalue weighted by atomic mass is 10.2. The first-order valence-corrected chi connectivity index (χ1v) is 9.46. The second-order valence-electron chi connectivity index (χ2n) is 4.75. The lowest BCUT2D eigenvalue weighted by molar-refractivity contribution is 0.102. The zero-order valence-corrected chi connectivity index (χ0v) is 14.9. The molecule has 0 saturated heterocycles. The van der Waals surface area contributed by atoms with Gasteiger partial charge >= 0.3 is 0 Å². The van der Waals surface area contributed by atoms with E-state index in [4.69, 9.17) is 28.9 Å². The number of halogens is 2. The second kappa shape index (κ2) is 6.29. The van der Waals surface area contributed by atoms with E-state index in [-0.39, 0.29) is 20.6 Å². The highest BCUT2D eigenvalue weighted by atomic mass is 35.5. The van der Waals surface area contributed by atoms with Crippen molar-refractivity contribution >= 4 is 61.7 Å². The molecule has 1 amide bonds. The van der Waals surface area contributed by atoms with Gasteiger partial charge in [-0.3, -0.25) is 4.79 Å². The number of hydrogen-bond donors (Lipinski definition) is 2. The summed E-state index contributed by atoms with van der Waals surface area (Å²) in [6.07, 6.45) is 0. The average Bonchev–Trinajstić information content (AvgIpc) is 2.47. The van der Waals surface area contributed by atoms with Gasteiger partial charge < -0.3 is 11.1 Å². The van der Waals surface area contributed by atoms with Crippen molar-refractivity contribution in [3.63, 3.8) is 0 Å². The maximum absolute atomic E-state index is 12.4. The topological polar surface area (TPSA) is 102 Å². The molecular weight excluding hydrogens is 393 g/mol. The van der Waals surface area contributed by atoms with Gasteiger partial charge in [0.2, 0.25) is 0 Å². The number of fused-ring (bicyclic) bond motifs is 1. The van der Waals surface area contributed by atoms with E-state index in [1.54, 1.807) is 24.3 Å². The molecule has 2 aromatic carbocycles. The van der Waals surface area contributed by atoms with Crippen molar-refractivity contribution in [3.05, 3.63) is 52.0 Å². The van der Waals surface area contributed by atoms with E-state index >= 15 is 0 Å². The van der Waals surface area contributed by atoms with Gasteiger partial charge in [0.1, 0.15) is 4.90 Å². The molecular formula is C14H9Cl2N3O3S2. The first-order chi connectivity index (χ1) is 11.3. The fraction of sp³-hybridized carbons (Fsp3) is 0. The SMILES string of the molecule is NC1=NS(=O)(=O)c2cc(C(=O)Nc3ccc(Cl)cc3)c(Cl)cc2S1. The normalized spacial score (nSPS) is 15.3.